The number of carbonyl (C=O) groups is 2. The van der Waals surface area contributed by atoms with Gasteiger partial charge in [-0.3, -0.25) is 24.5 Å². The fourth-order valence-electron chi connectivity index (χ4n) is 7.68. The highest BCUT2D eigenvalue weighted by Crippen LogP contribution is 2.42. The first-order valence-electron chi connectivity index (χ1n) is 18.8. The SMILES string of the molecule is COc1cc2c(cc1OCCCCCOc1cc3c(cc1OC)C(=O)N1Cc4ccccc4CC1(F)C=N3)N=C[C@@H]1Cc3ccc(OCCO)cc3CN1C2=O. The Balaban J connectivity index is 0.866. The van der Waals surface area contributed by atoms with E-state index in [4.69, 9.17) is 33.8 Å². The number of halogens is 1. The molecule has 2 amide bonds. The molecule has 13 heteroatoms. The van der Waals surface area contributed by atoms with Gasteiger partial charge in [0.05, 0.1) is 68.8 Å². The summed E-state index contributed by atoms with van der Waals surface area (Å²) in [4.78, 5) is 39.7. The molecule has 0 aromatic heterocycles. The van der Waals surface area contributed by atoms with E-state index in [1.807, 2.05) is 53.6 Å². The number of fused-ring (bicyclic) bond motifs is 6. The van der Waals surface area contributed by atoms with Crippen molar-refractivity contribution < 1.29 is 42.8 Å². The van der Waals surface area contributed by atoms with Crippen molar-refractivity contribution in [3.63, 3.8) is 0 Å². The van der Waals surface area contributed by atoms with Gasteiger partial charge in [-0.2, -0.15) is 0 Å². The van der Waals surface area contributed by atoms with Crippen molar-refractivity contribution in [2.45, 2.75) is 57.0 Å². The number of hydrogen-bond donors (Lipinski definition) is 1. The molecule has 0 fully saturated rings. The first-order chi connectivity index (χ1) is 27.3. The molecule has 0 radical (unpaired) electrons. The maximum Gasteiger partial charge on any atom is 0.259 e. The van der Waals surface area contributed by atoms with Crippen LogP contribution in [-0.2, 0) is 25.9 Å². The summed E-state index contributed by atoms with van der Waals surface area (Å²) < 4.78 is 45.3. The highest BCUT2D eigenvalue weighted by atomic mass is 19.1. The standard InChI is InChI=1S/C43H43FN4O8/c1-52-37-18-33-35(45-23-31-16-27-10-11-32(54-15-12-49)17-30(27)24-47(31)41(33)50)20-39(37)55-13-6-3-7-14-56-40-21-36-34(19-38(40)53-2)42(51)48-25-29-9-5-4-8-28(29)22-43(48,44)26-46-36/h4-5,8-11,17-21,23,26,31,49H,3,6-7,12-16,22,24-25H2,1-2H3/t31-,43?/m0/s1. The normalized spacial score (nSPS) is 19.0. The number of carbonyl (C=O) groups excluding carboxylic acids is 2. The minimum Gasteiger partial charge on any atom is -0.493 e. The third-order valence-electron chi connectivity index (χ3n) is 10.7. The van der Waals surface area contributed by atoms with Crippen molar-refractivity contribution in [2.75, 3.05) is 40.6 Å². The van der Waals surface area contributed by atoms with Gasteiger partial charge in [-0.15, -0.1) is 0 Å². The second-order valence-corrected chi connectivity index (χ2v) is 14.2. The zero-order valence-electron chi connectivity index (χ0n) is 31.3. The van der Waals surface area contributed by atoms with Crippen molar-refractivity contribution in [2.24, 2.45) is 9.98 Å². The number of aliphatic hydroxyl groups is 1. The van der Waals surface area contributed by atoms with E-state index in [1.165, 1.54) is 18.2 Å². The van der Waals surface area contributed by atoms with Gasteiger partial charge in [-0.1, -0.05) is 30.3 Å². The minimum absolute atomic E-state index is 0.0316. The molecule has 0 spiro atoms. The van der Waals surface area contributed by atoms with Crippen LogP contribution in [0.2, 0.25) is 0 Å². The average Bonchev–Trinajstić information content (AvgIpc) is 3.41. The molecule has 12 nitrogen and oxygen atoms in total. The number of alkyl halides is 1. The van der Waals surface area contributed by atoms with Crippen LogP contribution in [0.5, 0.6) is 28.7 Å². The molecule has 0 saturated carbocycles. The van der Waals surface area contributed by atoms with Crippen molar-refractivity contribution in [3.05, 3.63) is 100 Å². The van der Waals surface area contributed by atoms with Crippen LogP contribution in [-0.4, -0.2) is 91.6 Å². The highest BCUT2D eigenvalue weighted by molar-refractivity contribution is 6.05. The number of benzene rings is 4. The summed E-state index contributed by atoms with van der Waals surface area (Å²) in [5.41, 5.74) is 5.44. The van der Waals surface area contributed by atoms with Gasteiger partial charge in [-0.25, -0.2) is 4.39 Å². The molecule has 1 N–H and O–H groups in total. The topological polar surface area (TPSA) is 132 Å². The second-order valence-electron chi connectivity index (χ2n) is 14.2. The number of ether oxygens (including phenoxy) is 5. The molecule has 1 unspecified atom stereocenters. The summed E-state index contributed by atoms with van der Waals surface area (Å²) in [6.07, 6.45) is 5.93. The van der Waals surface area contributed by atoms with Crippen LogP contribution >= 0.6 is 0 Å². The molecule has 290 valence electrons. The number of aliphatic imine (C=N–C) groups is 2. The summed E-state index contributed by atoms with van der Waals surface area (Å²) in [7, 11) is 3.04. The molecule has 56 heavy (non-hydrogen) atoms. The Morgan fingerprint density at radius 1 is 0.732 bits per heavy atom. The monoisotopic (exact) mass is 762 g/mol. The number of unbranched alkanes of at least 4 members (excludes halogenated alkanes) is 2. The van der Waals surface area contributed by atoms with Crippen LogP contribution < -0.4 is 23.7 Å². The smallest absolute Gasteiger partial charge is 0.259 e. The van der Waals surface area contributed by atoms with E-state index in [0.29, 0.717) is 78.3 Å². The fourth-order valence-corrected chi connectivity index (χ4v) is 7.68. The summed E-state index contributed by atoms with van der Waals surface area (Å²) in [5, 5.41) is 9.13. The van der Waals surface area contributed by atoms with E-state index >= 15 is 4.39 Å². The predicted octanol–water partition coefficient (Wildman–Crippen LogP) is 6.57. The first-order valence-corrected chi connectivity index (χ1v) is 18.8. The van der Waals surface area contributed by atoms with Crippen molar-refractivity contribution in [1.82, 2.24) is 9.80 Å². The van der Waals surface area contributed by atoms with Crippen molar-refractivity contribution in [3.8, 4) is 28.7 Å². The van der Waals surface area contributed by atoms with Crippen molar-refractivity contribution in [1.29, 1.82) is 0 Å². The van der Waals surface area contributed by atoms with Crippen LogP contribution in [0.15, 0.2) is 76.7 Å². The summed E-state index contributed by atoms with van der Waals surface area (Å²) in [5.74, 6) is -0.240. The lowest BCUT2D eigenvalue weighted by Gasteiger charge is -2.38. The predicted molar refractivity (Wildman–Crippen MR) is 207 cm³/mol. The lowest BCUT2D eigenvalue weighted by molar-refractivity contribution is 0.0155. The zero-order chi connectivity index (χ0) is 38.8. The van der Waals surface area contributed by atoms with E-state index < -0.39 is 11.7 Å². The number of methoxy groups -OCH3 is 2. The van der Waals surface area contributed by atoms with E-state index in [0.717, 1.165) is 35.1 Å². The van der Waals surface area contributed by atoms with Gasteiger partial charge in [0, 0.05) is 37.9 Å². The highest BCUT2D eigenvalue weighted by Gasteiger charge is 2.45. The molecule has 4 aromatic carbocycles. The molecule has 4 heterocycles. The molecule has 4 aromatic rings. The van der Waals surface area contributed by atoms with Crippen LogP contribution in [0.25, 0.3) is 0 Å². The minimum atomic E-state index is -2.04. The Morgan fingerprint density at radius 2 is 1.41 bits per heavy atom. The molecule has 2 atom stereocenters. The van der Waals surface area contributed by atoms with E-state index in [-0.39, 0.29) is 43.7 Å². The number of amides is 2. The Bertz CT molecular complexity index is 2230. The van der Waals surface area contributed by atoms with Crippen LogP contribution in [0, 0.1) is 0 Å². The van der Waals surface area contributed by atoms with Crippen LogP contribution in [0.4, 0.5) is 15.8 Å². The lowest BCUT2D eigenvalue weighted by atomic mass is 9.92. The molecular weight excluding hydrogens is 719 g/mol. The summed E-state index contributed by atoms with van der Waals surface area (Å²) in [6, 6.07) is 19.8. The average molecular weight is 763 g/mol. The maximum atomic E-state index is 16.2. The number of aliphatic hydroxyl groups excluding tert-OH is 1. The largest absolute Gasteiger partial charge is 0.493 e. The van der Waals surface area contributed by atoms with Crippen LogP contribution in [0.3, 0.4) is 0 Å². The number of nitrogens with zero attached hydrogens (tertiary/aromatic N) is 4. The number of rotatable bonds is 13. The summed E-state index contributed by atoms with van der Waals surface area (Å²) >= 11 is 0. The van der Waals surface area contributed by atoms with Crippen molar-refractivity contribution >= 4 is 35.6 Å². The molecule has 0 aliphatic carbocycles. The zero-order valence-corrected chi connectivity index (χ0v) is 31.3. The first kappa shape index (κ1) is 37.0. The Kier molecular flexibility index (Phi) is 10.3. The van der Waals surface area contributed by atoms with Gasteiger partial charge in [0.2, 0.25) is 5.79 Å². The van der Waals surface area contributed by atoms with E-state index in [2.05, 4.69) is 4.99 Å². The third kappa shape index (κ3) is 7.14. The molecule has 4 aliphatic rings. The molecular formula is C43H43FN4O8. The Hall–Kier alpha value is -5.95. The maximum absolute atomic E-state index is 16.2. The third-order valence-corrected chi connectivity index (χ3v) is 10.7. The van der Waals surface area contributed by atoms with E-state index in [9.17, 15) is 9.59 Å². The molecule has 0 bridgehead atoms. The number of hydrogen-bond acceptors (Lipinski definition) is 10. The molecule has 4 aliphatic heterocycles. The van der Waals surface area contributed by atoms with E-state index in [1.54, 1.807) is 31.4 Å². The second kappa shape index (κ2) is 15.7. The van der Waals surface area contributed by atoms with Gasteiger partial charge in [0.25, 0.3) is 11.8 Å². The van der Waals surface area contributed by atoms with Gasteiger partial charge >= 0.3 is 0 Å². The van der Waals surface area contributed by atoms with Gasteiger partial charge in [-0.05, 0) is 72.2 Å². The van der Waals surface area contributed by atoms with Gasteiger partial charge < -0.3 is 33.7 Å². The molecule has 0 saturated heterocycles. The quantitative estimate of drug-likeness (QED) is 0.120. The molecule has 8 rings (SSSR count). The van der Waals surface area contributed by atoms with Gasteiger partial charge in [0.1, 0.15) is 12.4 Å². The van der Waals surface area contributed by atoms with Crippen LogP contribution in [0.1, 0.15) is 62.2 Å². The fraction of sp³-hybridized carbons (Fsp3) is 0.349. The van der Waals surface area contributed by atoms with Gasteiger partial charge in [0.15, 0.2) is 23.0 Å². The Morgan fingerprint density at radius 3 is 2.11 bits per heavy atom. The Labute approximate surface area is 324 Å². The summed E-state index contributed by atoms with van der Waals surface area (Å²) in [6.45, 7) is 1.46. The lowest BCUT2D eigenvalue weighted by Crippen LogP contribution is -2.53.